The van der Waals surface area contributed by atoms with Gasteiger partial charge in [0, 0.05) is 30.1 Å². The standard InChI is InChI=1S/C26H29N/c1-2-3-4-5-10-18-27-20-23(25-16-8-9-17-26(25)27)19-22-14-11-13-21-12-6-7-15-24(21)22/h6-9,11-17,20H,2-5,10,18-19H2,1H3. The number of unbranched alkanes of at least 4 members (excludes halogenated alkanes) is 4. The van der Waals surface area contributed by atoms with Gasteiger partial charge in [-0.15, -0.1) is 0 Å². The molecule has 138 valence electrons. The number of aryl methyl sites for hydroxylation is 1. The van der Waals surface area contributed by atoms with Gasteiger partial charge in [-0.05, 0) is 34.4 Å². The zero-order chi connectivity index (χ0) is 18.5. The number of hydrogen-bond donors (Lipinski definition) is 0. The Labute approximate surface area is 162 Å². The van der Waals surface area contributed by atoms with Crippen LogP contribution in [0.4, 0.5) is 0 Å². The molecule has 0 aliphatic rings. The van der Waals surface area contributed by atoms with Crippen molar-refractivity contribution < 1.29 is 0 Å². The zero-order valence-electron chi connectivity index (χ0n) is 16.3. The van der Waals surface area contributed by atoms with Crippen LogP contribution in [0, 0.1) is 0 Å². The summed E-state index contributed by atoms with van der Waals surface area (Å²) >= 11 is 0. The van der Waals surface area contributed by atoms with Crippen molar-refractivity contribution in [3.05, 3.63) is 84.1 Å². The summed E-state index contributed by atoms with van der Waals surface area (Å²) in [4.78, 5) is 0. The van der Waals surface area contributed by atoms with Crippen molar-refractivity contribution in [2.45, 2.75) is 52.0 Å². The molecular weight excluding hydrogens is 326 g/mol. The fourth-order valence-corrected chi connectivity index (χ4v) is 4.19. The summed E-state index contributed by atoms with van der Waals surface area (Å²) < 4.78 is 2.47. The van der Waals surface area contributed by atoms with Crippen molar-refractivity contribution in [2.24, 2.45) is 0 Å². The van der Waals surface area contributed by atoms with Gasteiger partial charge < -0.3 is 4.57 Å². The van der Waals surface area contributed by atoms with Crippen molar-refractivity contribution in [1.29, 1.82) is 0 Å². The van der Waals surface area contributed by atoms with Gasteiger partial charge in [-0.1, -0.05) is 93.3 Å². The highest BCUT2D eigenvalue weighted by molar-refractivity contribution is 5.88. The van der Waals surface area contributed by atoms with Crippen LogP contribution in [0.1, 0.15) is 50.2 Å². The second kappa shape index (κ2) is 8.43. The Hall–Kier alpha value is -2.54. The molecule has 4 rings (SSSR count). The second-order valence-corrected chi connectivity index (χ2v) is 7.59. The molecule has 0 saturated carbocycles. The maximum absolute atomic E-state index is 2.47. The van der Waals surface area contributed by atoms with Crippen LogP contribution in [0.5, 0.6) is 0 Å². The first-order valence-electron chi connectivity index (χ1n) is 10.4. The molecule has 1 nitrogen and oxygen atoms in total. The van der Waals surface area contributed by atoms with Crippen molar-refractivity contribution in [1.82, 2.24) is 4.57 Å². The predicted molar refractivity (Wildman–Crippen MR) is 117 cm³/mol. The number of fused-ring (bicyclic) bond motifs is 2. The highest BCUT2D eigenvalue weighted by Gasteiger charge is 2.10. The molecule has 0 aliphatic carbocycles. The number of rotatable bonds is 8. The number of nitrogens with zero attached hydrogens (tertiary/aromatic N) is 1. The summed E-state index contributed by atoms with van der Waals surface area (Å²) in [5.74, 6) is 0. The number of hydrogen-bond acceptors (Lipinski definition) is 0. The van der Waals surface area contributed by atoms with Gasteiger partial charge in [0.15, 0.2) is 0 Å². The Morgan fingerprint density at radius 1 is 0.667 bits per heavy atom. The first kappa shape index (κ1) is 17.9. The smallest absolute Gasteiger partial charge is 0.0483 e. The van der Waals surface area contributed by atoms with E-state index in [0.29, 0.717) is 0 Å². The molecule has 1 heteroatoms. The first-order chi connectivity index (χ1) is 13.4. The summed E-state index contributed by atoms with van der Waals surface area (Å²) in [6.07, 6.45) is 10.0. The first-order valence-corrected chi connectivity index (χ1v) is 10.4. The molecular formula is C26H29N. The van der Waals surface area contributed by atoms with Crippen LogP contribution in [0.3, 0.4) is 0 Å². The fourth-order valence-electron chi connectivity index (χ4n) is 4.19. The molecule has 3 aromatic carbocycles. The largest absolute Gasteiger partial charge is 0.347 e. The average Bonchev–Trinajstić information content (AvgIpc) is 3.06. The minimum atomic E-state index is 0.991. The molecule has 0 spiro atoms. The molecule has 0 fully saturated rings. The quantitative estimate of drug-likeness (QED) is 0.291. The lowest BCUT2D eigenvalue weighted by atomic mass is 9.98. The molecule has 1 heterocycles. The molecule has 0 radical (unpaired) electrons. The van der Waals surface area contributed by atoms with Gasteiger partial charge >= 0.3 is 0 Å². The van der Waals surface area contributed by atoms with Crippen LogP contribution in [-0.4, -0.2) is 4.57 Å². The van der Waals surface area contributed by atoms with Crippen LogP contribution >= 0.6 is 0 Å². The zero-order valence-corrected chi connectivity index (χ0v) is 16.3. The highest BCUT2D eigenvalue weighted by Crippen LogP contribution is 2.27. The summed E-state index contributed by atoms with van der Waals surface area (Å²) in [5.41, 5.74) is 4.23. The predicted octanol–water partition coefficient (Wildman–Crippen LogP) is 7.36. The molecule has 0 saturated heterocycles. The Kier molecular flexibility index (Phi) is 5.58. The van der Waals surface area contributed by atoms with Crippen molar-refractivity contribution in [3.8, 4) is 0 Å². The van der Waals surface area contributed by atoms with Crippen molar-refractivity contribution in [2.75, 3.05) is 0 Å². The summed E-state index contributed by atoms with van der Waals surface area (Å²) in [6, 6.07) is 24.3. The molecule has 0 N–H and O–H groups in total. The van der Waals surface area contributed by atoms with Crippen molar-refractivity contribution in [3.63, 3.8) is 0 Å². The van der Waals surface area contributed by atoms with E-state index in [1.165, 1.54) is 64.9 Å². The monoisotopic (exact) mass is 355 g/mol. The molecule has 0 aliphatic heterocycles. The topological polar surface area (TPSA) is 4.93 Å². The summed E-state index contributed by atoms with van der Waals surface area (Å²) in [6.45, 7) is 3.40. The molecule has 0 amide bonds. The minimum Gasteiger partial charge on any atom is -0.347 e. The lowest BCUT2D eigenvalue weighted by Gasteiger charge is -2.06. The molecule has 1 aromatic heterocycles. The fraction of sp³-hybridized carbons (Fsp3) is 0.308. The van der Waals surface area contributed by atoms with Gasteiger partial charge in [0.05, 0.1) is 0 Å². The van der Waals surface area contributed by atoms with E-state index in [4.69, 9.17) is 0 Å². The SMILES string of the molecule is CCCCCCCn1cc(Cc2cccc3ccccc23)c2ccccc21. The van der Waals surface area contributed by atoms with Gasteiger partial charge in [-0.25, -0.2) is 0 Å². The van der Waals surface area contributed by atoms with Gasteiger partial charge in [-0.3, -0.25) is 0 Å². The molecule has 4 aromatic rings. The lowest BCUT2D eigenvalue weighted by molar-refractivity contribution is 0.577. The molecule has 0 bridgehead atoms. The van der Waals surface area contributed by atoms with Crippen LogP contribution in [0.2, 0.25) is 0 Å². The summed E-state index contributed by atoms with van der Waals surface area (Å²) in [7, 11) is 0. The van der Waals surface area contributed by atoms with E-state index in [9.17, 15) is 0 Å². The molecule has 27 heavy (non-hydrogen) atoms. The Morgan fingerprint density at radius 2 is 1.41 bits per heavy atom. The van der Waals surface area contributed by atoms with E-state index in [1.807, 2.05) is 0 Å². The highest BCUT2D eigenvalue weighted by atomic mass is 15.0. The van der Waals surface area contributed by atoms with E-state index >= 15 is 0 Å². The summed E-state index contributed by atoms with van der Waals surface area (Å²) in [5, 5.41) is 4.10. The van der Waals surface area contributed by atoms with E-state index in [1.54, 1.807) is 0 Å². The maximum atomic E-state index is 2.47. The van der Waals surface area contributed by atoms with Crippen molar-refractivity contribution >= 4 is 21.7 Å². The van der Waals surface area contributed by atoms with Gasteiger partial charge in [0.1, 0.15) is 0 Å². The van der Waals surface area contributed by atoms with E-state index < -0.39 is 0 Å². The third kappa shape index (κ3) is 3.93. The third-order valence-electron chi connectivity index (χ3n) is 5.63. The minimum absolute atomic E-state index is 0.991. The number of para-hydroxylation sites is 1. The van der Waals surface area contributed by atoms with E-state index in [-0.39, 0.29) is 0 Å². The van der Waals surface area contributed by atoms with Crippen LogP contribution < -0.4 is 0 Å². The van der Waals surface area contributed by atoms with Crippen LogP contribution in [-0.2, 0) is 13.0 Å². The second-order valence-electron chi connectivity index (χ2n) is 7.59. The normalized spacial score (nSPS) is 11.4. The Bertz CT molecular complexity index is 1020. The van der Waals surface area contributed by atoms with Gasteiger partial charge in [0.2, 0.25) is 0 Å². The number of benzene rings is 3. The van der Waals surface area contributed by atoms with Gasteiger partial charge in [0.25, 0.3) is 0 Å². The maximum Gasteiger partial charge on any atom is 0.0483 e. The number of aromatic nitrogens is 1. The van der Waals surface area contributed by atoms with Crippen LogP contribution in [0.15, 0.2) is 72.9 Å². The Balaban J connectivity index is 1.62. The Morgan fingerprint density at radius 3 is 2.30 bits per heavy atom. The van der Waals surface area contributed by atoms with Gasteiger partial charge in [-0.2, -0.15) is 0 Å². The van der Waals surface area contributed by atoms with E-state index in [2.05, 4.69) is 84.4 Å². The third-order valence-corrected chi connectivity index (χ3v) is 5.63. The van der Waals surface area contributed by atoms with Crippen LogP contribution in [0.25, 0.3) is 21.7 Å². The average molecular weight is 356 g/mol. The molecule has 0 unspecified atom stereocenters. The molecule has 0 atom stereocenters. The lowest BCUT2D eigenvalue weighted by Crippen LogP contribution is -1.96. The van der Waals surface area contributed by atoms with E-state index in [0.717, 1.165) is 13.0 Å².